The van der Waals surface area contributed by atoms with Crippen LogP contribution in [0.1, 0.15) is 91.7 Å². The fourth-order valence-electron chi connectivity index (χ4n) is 5.09. The number of aliphatic hydroxyl groups excluding tert-OH is 1. The van der Waals surface area contributed by atoms with Gasteiger partial charge in [-0.1, -0.05) is 71.0 Å². The summed E-state index contributed by atoms with van der Waals surface area (Å²) in [6.45, 7) is 12.8. The summed E-state index contributed by atoms with van der Waals surface area (Å²) in [5.74, 6) is -1.99. The van der Waals surface area contributed by atoms with E-state index < -0.39 is 23.7 Å². The van der Waals surface area contributed by atoms with E-state index in [2.05, 4.69) is 20.8 Å². The van der Waals surface area contributed by atoms with Crippen molar-refractivity contribution >= 4 is 23.4 Å². The minimum Gasteiger partial charge on any atom is -0.507 e. The van der Waals surface area contributed by atoms with E-state index in [1.165, 1.54) is 17.0 Å². The van der Waals surface area contributed by atoms with E-state index in [-0.39, 0.29) is 34.8 Å². The largest absolute Gasteiger partial charge is 0.507 e. The van der Waals surface area contributed by atoms with Gasteiger partial charge >= 0.3 is 5.97 Å². The van der Waals surface area contributed by atoms with Crippen LogP contribution in [0.25, 0.3) is 5.76 Å². The van der Waals surface area contributed by atoms with Gasteiger partial charge in [0.05, 0.1) is 23.8 Å². The number of amides is 1. The van der Waals surface area contributed by atoms with Crippen molar-refractivity contribution in [1.29, 1.82) is 0 Å². The molecular weight excluding hydrogens is 518 g/mol. The van der Waals surface area contributed by atoms with Gasteiger partial charge in [0.1, 0.15) is 11.5 Å². The van der Waals surface area contributed by atoms with Crippen LogP contribution >= 0.6 is 0 Å². The molecule has 1 atom stereocenters. The molecular formula is C34H37NO6. The van der Waals surface area contributed by atoms with E-state index in [0.29, 0.717) is 29.0 Å². The summed E-state index contributed by atoms with van der Waals surface area (Å²) in [6, 6.07) is 18.4. The highest BCUT2D eigenvalue weighted by atomic mass is 16.5. The Labute approximate surface area is 241 Å². The number of nitrogens with zero attached hydrogens (tertiary/aromatic N) is 1. The first-order chi connectivity index (χ1) is 19.3. The number of aliphatic hydroxyl groups is 1. The Morgan fingerprint density at radius 2 is 1.54 bits per heavy atom. The molecule has 41 heavy (non-hydrogen) atoms. The molecule has 1 aliphatic heterocycles. The van der Waals surface area contributed by atoms with Gasteiger partial charge in [-0.2, -0.15) is 0 Å². The zero-order valence-corrected chi connectivity index (χ0v) is 24.4. The summed E-state index contributed by atoms with van der Waals surface area (Å²) in [5.41, 5.74) is 3.80. The molecule has 1 heterocycles. The number of likely N-dealkylation sites (tertiary alicyclic amines) is 1. The van der Waals surface area contributed by atoms with Crippen LogP contribution in [0.15, 0.2) is 72.3 Å². The van der Waals surface area contributed by atoms with Gasteiger partial charge in [0, 0.05) is 12.1 Å². The molecule has 0 saturated carbocycles. The number of rotatable bonds is 8. The predicted octanol–water partition coefficient (Wildman–Crippen LogP) is 6.83. The van der Waals surface area contributed by atoms with Gasteiger partial charge in [-0.05, 0) is 70.8 Å². The Morgan fingerprint density at radius 1 is 0.927 bits per heavy atom. The molecule has 2 N–H and O–H groups in total. The second-order valence-corrected chi connectivity index (χ2v) is 11.6. The molecule has 7 nitrogen and oxygen atoms in total. The van der Waals surface area contributed by atoms with Crippen LogP contribution in [-0.4, -0.2) is 39.4 Å². The van der Waals surface area contributed by atoms with Crippen LogP contribution in [0.5, 0.6) is 5.75 Å². The lowest BCUT2D eigenvalue weighted by molar-refractivity contribution is -0.140. The predicted molar refractivity (Wildman–Crippen MR) is 158 cm³/mol. The number of hydrogen-bond donors (Lipinski definition) is 2. The molecule has 0 spiro atoms. The van der Waals surface area contributed by atoms with E-state index in [9.17, 15) is 24.6 Å². The molecule has 1 fully saturated rings. The van der Waals surface area contributed by atoms with Crippen LogP contribution in [0.4, 0.5) is 0 Å². The zero-order chi connectivity index (χ0) is 30.1. The maximum atomic E-state index is 13.6. The third-order valence-electron chi connectivity index (χ3n) is 7.39. The summed E-state index contributed by atoms with van der Waals surface area (Å²) in [6.07, 6.45) is 0. The van der Waals surface area contributed by atoms with Crippen molar-refractivity contribution in [2.75, 3.05) is 6.61 Å². The number of ether oxygens (including phenoxy) is 1. The summed E-state index contributed by atoms with van der Waals surface area (Å²) in [4.78, 5) is 39.8. The topological polar surface area (TPSA) is 104 Å². The number of ketones is 1. The van der Waals surface area contributed by atoms with Crippen LogP contribution in [0, 0.1) is 0 Å². The van der Waals surface area contributed by atoms with Crippen molar-refractivity contribution < 1.29 is 29.3 Å². The number of carboxylic acid groups (broad SMARTS) is 1. The number of aromatic carboxylic acids is 1. The van der Waals surface area contributed by atoms with Crippen molar-refractivity contribution in [2.24, 2.45) is 0 Å². The van der Waals surface area contributed by atoms with Gasteiger partial charge in [0.15, 0.2) is 0 Å². The Balaban J connectivity index is 1.86. The van der Waals surface area contributed by atoms with Crippen molar-refractivity contribution in [3.8, 4) is 5.75 Å². The lowest BCUT2D eigenvalue weighted by Gasteiger charge is -2.27. The van der Waals surface area contributed by atoms with Gasteiger partial charge < -0.3 is 19.8 Å². The number of benzene rings is 3. The molecule has 0 aliphatic carbocycles. The monoisotopic (exact) mass is 555 g/mol. The highest BCUT2D eigenvalue weighted by molar-refractivity contribution is 6.46. The second-order valence-electron chi connectivity index (χ2n) is 11.6. The van der Waals surface area contributed by atoms with Crippen molar-refractivity contribution in [3.05, 3.63) is 106 Å². The van der Waals surface area contributed by atoms with Gasteiger partial charge in [-0.25, -0.2) is 4.79 Å². The standard InChI is InChI=1S/C34H37NO6/c1-7-41-27-17-14-24(18-26(27)20(2)3)30(36)28-29(22-12-15-25(16-13-22)34(4,5)6)35(32(38)31(28)37)19-21-8-10-23(11-9-21)33(39)40/h8-18,20,29,36H,7,19H2,1-6H3,(H,39,40)/b30-28-. The van der Waals surface area contributed by atoms with Gasteiger partial charge in [-0.3, -0.25) is 9.59 Å². The smallest absolute Gasteiger partial charge is 0.335 e. The summed E-state index contributed by atoms with van der Waals surface area (Å²) < 4.78 is 5.77. The molecule has 1 amide bonds. The molecule has 1 saturated heterocycles. The molecule has 7 heteroatoms. The SMILES string of the molecule is CCOc1ccc(/C(O)=C2/C(=O)C(=O)N(Cc3ccc(C(=O)O)cc3)C2c2ccc(C(C)(C)C)cc2)cc1C(C)C. The maximum absolute atomic E-state index is 13.6. The Hall–Kier alpha value is -4.39. The number of carbonyl (C=O) groups excluding carboxylic acids is 2. The molecule has 3 aromatic carbocycles. The third kappa shape index (κ3) is 6.04. The molecule has 1 aliphatic rings. The average molecular weight is 556 g/mol. The van der Waals surface area contributed by atoms with Crippen molar-refractivity contribution in [2.45, 2.75) is 65.5 Å². The van der Waals surface area contributed by atoms with Crippen molar-refractivity contribution in [3.63, 3.8) is 0 Å². The minimum absolute atomic E-state index is 0.0135. The molecule has 0 aromatic heterocycles. The van der Waals surface area contributed by atoms with E-state index in [0.717, 1.165) is 11.1 Å². The zero-order valence-electron chi connectivity index (χ0n) is 24.4. The normalized spacial score (nSPS) is 16.9. The van der Waals surface area contributed by atoms with E-state index in [1.807, 2.05) is 51.1 Å². The Morgan fingerprint density at radius 3 is 2.07 bits per heavy atom. The molecule has 4 rings (SSSR count). The number of hydrogen-bond acceptors (Lipinski definition) is 5. The van der Waals surface area contributed by atoms with Crippen molar-refractivity contribution in [1.82, 2.24) is 4.90 Å². The average Bonchev–Trinajstić information content (AvgIpc) is 3.17. The quantitative estimate of drug-likeness (QED) is 0.179. The lowest BCUT2D eigenvalue weighted by Crippen LogP contribution is -2.29. The maximum Gasteiger partial charge on any atom is 0.335 e. The molecule has 214 valence electrons. The highest BCUT2D eigenvalue weighted by Crippen LogP contribution is 2.41. The summed E-state index contributed by atoms with van der Waals surface area (Å²) in [7, 11) is 0. The van der Waals surface area contributed by atoms with Crippen LogP contribution in [0.2, 0.25) is 0 Å². The molecule has 0 radical (unpaired) electrons. The second kappa shape index (κ2) is 11.6. The minimum atomic E-state index is -1.05. The van der Waals surface area contributed by atoms with Crippen LogP contribution in [0.3, 0.4) is 0 Å². The molecule has 0 bridgehead atoms. The number of carboxylic acids is 1. The first-order valence-corrected chi connectivity index (χ1v) is 13.8. The van der Waals surface area contributed by atoms with Crippen LogP contribution < -0.4 is 4.74 Å². The fourth-order valence-corrected chi connectivity index (χ4v) is 5.09. The fraction of sp³-hybridized carbons (Fsp3) is 0.324. The molecule has 1 unspecified atom stereocenters. The molecule has 3 aromatic rings. The Bertz CT molecular complexity index is 1490. The summed E-state index contributed by atoms with van der Waals surface area (Å²) >= 11 is 0. The van der Waals surface area contributed by atoms with E-state index in [1.54, 1.807) is 24.3 Å². The number of Topliss-reactive ketones (excluding diaryl/α,β-unsaturated/α-hetero) is 1. The lowest BCUT2D eigenvalue weighted by atomic mass is 9.85. The van der Waals surface area contributed by atoms with E-state index in [4.69, 9.17) is 4.74 Å². The first kappa shape index (κ1) is 29.6. The van der Waals surface area contributed by atoms with Crippen LogP contribution in [-0.2, 0) is 21.5 Å². The third-order valence-corrected chi connectivity index (χ3v) is 7.39. The van der Waals surface area contributed by atoms with Gasteiger partial charge in [0.25, 0.3) is 11.7 Å². The Kier molecular flexibility index (Phi) is 8.38. The highest BCUT2D eigenvalue weighted by Gasteiger charge is 2.46. The number of carbonyl (C=O) groups is 3. The van der Waals surface area contributed by atoms with Gasteiger partial charge in [-0.15, -0.1) is 0 Å². The first-order valence-electron chi connectivity index (χ1n) is 13.8. The van der Waals surface area contributed by atoms with Gasteiger partial charge in [0.2, 0.25) is 0 Å². The van der Waals surface area contributed by atoms with E-state index >= 15 is 0 Å². The summed E-state index contributed by atoms with van der Waals surface area (Å²) in [5, 5.41) is 20.9.